The number of allylic oxidation sites excluding steroid dienone is 1. The molecule has 2 aromatic carbocycles. The number of rotatable bonds is 8. The van der Waals surface area contributed by atoms with Crippen LogP contribution in [-0.4, -0.2) is 58.9 Å². The van der Waals surface area contributed by atoms with Crippen molar-refractivity contribution in [1.82, 2.24) is 24.5 Å². The maximum atomic E-state index is 14.8. The molecule has 1 amide bonds. The van der Waals surface area contributed by atoms with Gasteiger partial charge in [0.05, 0.1) is 16.5 Å². The van der Waals surface area contributed by atoms with Gasteiger partial charge < -0.3 is 5.32 Å². The second kappa shape index (κ2) is 11.3. The van der Waals surface area contributed by atoms with E-state index in [-0.39, 0.29) is 34.3 Å². The van der Waals surface area contributed by atoms with Gasteiger partial charge in [-0.15, -0.1) is 0 Å². The maximum Gasteiger partial charge on any atom is 0.263 e. The van der Waals surface area contributed by atoms with Crippen molar-refractivity contribution < 1.29 is 18.0 Å². The summed E-state index contributed by atoms with van der Waals surface area (Å²) in [7, 11) is -3.61. The number of aryl methyl sites for hydroxylation is 1. The normalized spacial score (nSPS) is 24.8. The first-order chi connectivity index (χ1) is 22.2. The number of hydrogen-bond donors (Lipinski definition) is 1. The van der Waals surface area contributed by atoms with E-state index in [1.165, 1.54) is 10.4 Å². The zero-order valence-electron chi connectivity index (χ0n) is 24.9. The highest BCUT2D eigenvalue weighted by Gasteiger charge is 2.61. The molecule has 1 unspecified atom stereocenters. The van der Waals surface area contributed by atoms with E-state index in [0.29, 0.717) is 47.7 Å². The number of aromatic nitrogens is 2. The van der Waals surface area contributed by atoms with Crippen LogP contribution in [0.5, 0.6) is 0 Å². The summed E-state index contributed by atoms with van der Waals surface area (Å²) in [5.41, 5.74) is 1.54. The third kappa shape index (κ3) is 4.96. The summed E-state index contributed by atoms with van der Waals surface area (Å²) in [6.07, 6.45) is 6.34. The molecule has 1 N–H and O–H groups in total. The molecule has 11 heteroatoms. The number of nitriles is 1. The van der Waals surface area contributed by atoms with Crippen LogP contribution >= 0.6 is 0 Å². The first kappa shape index (κ1) is 29.5. The average molecular weight is 631 g/mol. The zero-order chi connectivity index (χ0) is 32.1. The lowest BCUT2D eigenvalue weighted by Gasteiger charge is -2.28. The molecule has 3 fully saturated rings. The Morgan fingerprint density at radius 3 is 2.33 bits per heavy atom. The van der Waals surface area contributed by atoms with Gasteiger partial charge in [-0.25, -0.2) is 8.42 Å². The Bertz CT molecular complexity index is 2000. The molecule has 7 rings (SSSR count). The highest BCUT2D eigenvalue weighted by molar-refractivity contribution is 7.89. The van der Waals surface area contributed by atoms with Gasteiger partial charge in [0.15, 0.2) is 11.3 Å². The van der Waals surface area contributed by atoms with Crippen LogP contribution in [-0.2, 0) is 20.4 Å². The Morgan fingerprint density at radius 2 is 1.67 bits per heavy atom. The van der Waals surface area contributed by atoms with E-state index in [0.717, 1.165) is 5.69 Å². The van der Waals surface area contributed by atoms with Crippen molar-refractivity contribution in [2.45, 2.75) is 17.4 Å². The fourth-order valence-corrected chi connectivity index (χ4v) is 8.34. The minimum Gasteiger partial charge on any atom is -0.350 e. The van der Waals surface area contributed by atoms with E-state index in [1.807, 2.05) is 13.0 Å². The number of piperidine rings is 1. The summed E-state index contributed by atoms with van der Waals surface area (Å²) >= 11 is 0. The fraction of sp³-hybridized carbons (Fsp3) is 0.229. The van der Waals surface area contributed by atoms with Gasteiger partial charge in [-0.2, -0.15) is 9.57 Å². The lowest BCUT2D eigenvalue weighted by molar-refractivity contribution is -0.131. The molecular weight excluding hydrogens is 600 g/mol. The first-order valence-corrected chi connectivity index (χ1v) is 16.4. The topological polar surface area (TPSA) is 136 Å². The maximum absolute atomic E-state index is 14.8. The van der Waals surface area contributed by atoms with Crippen molar-refractivity contribution in [3.05, 3.63) is 137 Å². The summed E-state index contributed by atoms with van der Waals surface area (Å²) in [6.45, 7) is 2.94. The molecular formula is C35H30N6O4S. The summed E-state index contributed by atoms with van der Waals surface area (Å²) < 4.78 is 28.0. The third-order valence-corrected chi connectivity index (χ3v) is 11.1. The molecule has 2 aromatic heterocycles. The predicted octanol–water partition coefficient (Wildman–Crippen LogP) is 3.62. The number of amides is 1. The van der Waals surface area contributed by atoms with Crippen LogP contribution in [0.1, 0.15) is 32.7 Å². The molecule has 4 atom stereocenters. The monoisotopic (exact) mass is 630 g/mol. The number of ketones is 1. The van der Waals surface area contributed by atoms with E-state index in [9.17, 15) is 23.3 Å². The van der Waals surface area contributed by atoms with Crippen LogP contribution in [0.3, 0.4) is 0 Å². The average Bonchev–Trinajstić information content (AvgIpc) is 3.37. The van der Waals surface area contributed by atoms with E-state index in [2.05, 4.69) is 21.4 Å². The van der Waals surface area contributed by atoms with Crippen LogP contribution in [0, 0.1) is 36.0 Å². The van der Waals surface area contributed by atoms with Crippen LogP contribution in [0.15, 0.2) is 114 Å². The first-order valence-electron chi connectivity index (χ1n) is 15.0. The Hall–Kier alpha value is -5.18. The number of pyridine rings is 2. The number of hydrogen-bond acceptors (Lipinski definition) is 8. The van der Waals surface area contributed by atoms with Gasteiger partial charge in [-0.1, -0.05) is 18.2 Å². The van der Waals surface area contributed by atoms with Gasteiger partial charge in [0.25, 0.3) is 5.91 Å². The SMILES string of the molecule is Cc1cc(C2(c3ccncc3)NC(=CC(=O)c3ccc(C#N)cc3)N(C[C@@H]3[C@H]4CN(S(=O)(=O)c5ccccc5)C[C@@H]34)C2=O)ccn1. The summed E-state index contributed by atoms with van der Waals surface area (Å²) in [6, 6.07) is 24.0. The standard InChI is InChI=1S/C35H30N6O4S/c1-23-17-27(13-16-38-23)35(26-11-14-37-15-12-26)34(43)41(33(39-35)18-32(42)25-9-7-24(19-36)8-10-25)22-31-29-20-40(21-30(29)31)46(44,45)28-5-3-2-4-6-28/h2-18,29-31,39H,20-22H2,1H3/t29-,30+,31+,35?. The van der Waals surface area contributed by atoms with Crippen molar-refractivity contribution in [3.8, 4) is 6.07 Å². The van der Waals surface area contributed by atoms with Gasteiger partial charge in [-0.05, 0) is 96.5 Å². The number of carbonyl (C=O) groups is 2. The molecule has 1 aliphatic carbocycles. The molecule has 0 radical (unpaired) electrons. The van der Waals surface area contributed by atoms with E-state index in [4.69, 9.17) is 0 Å². The number of benzene rings is 2. The summed E-state index contributed by atoms with van der Waals surface area (Å²) in [5.74, 6) is 0.0409. The molecule has 230 valence electrons. The quantitative estimate of drug-likeness (QED) is 0.230. The van der Waals surface area contributed by atoms with Crippen molar-refractivity contribution in [2.75, 3.05) is 19.6 Å². The van der Waals surface area contributed by atoms with Crippen LogP contribution in [0.2, 0.25) is 0 Å². The third-order valence-electron chi connectivity index (χ3n) is 9.29. The minimum atomic E-state index is -3.61. The molecule has 0 bridgehead atoms. The van der Waals surface area contributed by atoms with Gasteiger partial charge >= 0.3 is 0 Å². The number of carbonyl (C=O) groups excluding carboxylic acids is 2. The molecule has 0 spiro atoms. The summed E-state index contributed by atoms with van der Waals surface area (Å²) in [4.78, 5) is 38.7. The van der Waals surface area contributed by atoms with Crippen molar-refractivity contribution in [3.63, 3.8) is 0 Å². The number of nitrogens with zero attached hydrogens (tertiary/aromatic N) is 5. The predicted molar refractivity (Wildman–Crippen MR) is 168 cm³/mol. The number of nitrogens with one attached hydrogen (secondary N) is 1. The highest BCUT2D eigenvalue weighted by atomic mass is 32.2. The molecule has 46 heavy (non-hydrogen) atoms. The molecule has 1 saturated carbocycles. The van der Waals surface area contributed by atoms with Crippen molar-refractivity contribution >= 4 is 21.7 Å². The molecule has 3 aliphatic rings. The lowest BCUT2D eigenvalue weighted by atomic mass is 9.83. The highest BCUT2D eigenvalue weighted by Crippen LogP contribution is 2.54. The second-order valence-electron chi connectivity index (χ2n) is 11.9. The number of fused-ring (bicyclic) bond motifs is 1. The van der Waals surface area contributed by atoms with Crippen molar-refractivity contribution in [1.29, 1.82) is 5.26 Å². The van der Waals surface area contributed by atoms with E-state index < -0.39 is 15.6 Å². The Labute approximate surface area is 267 Å². The largest absolute Gasteiger partial charge is 0.350 e. The van der Waals surface area contributed by atoms with E-state index >= 15 is 0 Å². The van der Waals surface area contributed by atoms with Gasteiger partial charge in [0.1, 0.15) is 5.82 Å². The fourth-order valence-electron chi connectivity index (χ4n) is 6.81. The van der Waals surface area contributed by atoms with Crippen molar-refractivity contribution in [2.24, 2.45) is 17.8 Å². The lowest BCUT2D eigenvalue weighted by Crippen LogP contribution is -2.45. The molecule has 4 heterocycles. The smallest absolute Gasteiger partial charge is 0.263 e. The molecule has 2 saturated heterocycles. The van der Waals surface area contributed by atoms with Crippen LogP contribution in [0.4, 0.5) is 0 Å². The number of sulfonamides is 1. The van der Waals surface area contributed by atoms with E-state index in [1.54, 1.807) is 96.3 Å². The van der Waals surface area contributed by atoms with Gasteiger partial charge in [0, 0.05) is 55.6 Å². The van der Waals surface area contributed by atoms with Gasteiger partial charge in [-0.3, -0.25) is 24.5 Å². The molecule has 2 aliphatic heterocycles. The van der Waals surface area contributed by atoms with Crippen LogP contribution < -0.4 is 5.32 Å². The Balaban J connectivity index is 1.23. The van der Waals surface area contributed by atoms with Gasteiger partial charge in [0.2, 0.25) is 10.0 Å². The molecule has 10 nitrogen and oxygen atoms in total. The zero-order valence-corrected chi connectivity index (χ0v) is 25.8. The Morgan fingerprint density at radius 1 is 1.00 bits per heavy atom. The second-order valence-corrected chi connectivity index (χ2v) is 13.9. The summed E-state index contributed by atoms with van der Waals surface area (Å²) in [5, 5.41) is 12.6. The molecule has 4 aromatic rings. The minimum absolute atomic E-state index is 0.0637. The van der Waals surface area contributed by atoms with Crippen LogP contribution in [0.25, 0.3) is 0 Å². The Kier molecular flexibility index (Phi) is 7.26.